The molecule has 0 bridgehead atoms. The number of hydrogen-bond donors (Lipinski definition) is 6. The molecular formula is C17H14F2N4O10S3. The van der Waals surface area contributed by atoms with Gasteiger partial charge < -0.3 is 16.2 Å². The Morgan fingerprint density at radius 1 is 0.861 bits per heavy atom. The second-order valence-electron chi connectivity index (χ2n) is 6.92. The van der Waals surface area contributed by atoms with Gasteiger partial charge in [0.1, 0.15) is 22.1 Å². The topological polar surface area (TPSA) is 246 Å². The van der Waals surface area contributed by atoms with E-state index in [-0.39, 0.29) is 22.5 Å². The molecule has 0 amide bonds. The number of phenolic OH excluding ortho intramolecular Hbond substituents is 1. The van der Waals surface area contributed by atoms with E-state index < -0.39 is 73.8 Å². The minimum absolute atomic E-state index is 0.0544. The highest BCUT2D eigenvalue weighted by Gasteiger charge is 2.33. The number of aromatic hydroxyl groups is 1. The molecule has 0 aliphatic heterocycles. The molecule has 3 aromatic carbocycles. The van der Waals surface area contributed by atoms with Crippen LogP contribution in [0.5, 0.6) is 5.75 Å². The first-order chi connectivity index (χ1) is 16.4. The number of benzene rings is 3. The van der Waals surface area contributed by atoms with Crippen molar-refractivity contribution < 1.29 is 52.8 Å². The maximum atomic E-state index is 14.6. The van der Waals surface area contributed by atoms with Gasteiger partial charge in [0.05, 0.1) is 11.4 Å². The van der Waals surface area contributed by atoms with Crippen molar-refractivity contribution in [1.29, 1.82) is 0 Å². The van der Waals surface area contributed by atoms with Crippen LogP contribution in [0.15, 0.2) is 49.2 Å². The number of rotatable bonds is 6. The number of phenols is 1. The molecular weight excluding hydrogens is 554 g/mol. The third kappa shape index (κ3) is 4.79. The number of nitrogen functional groups attached to an aromatic ring is 1. The molecule has 0 aliphatic rings. The van der Waals surface area contributed by atoms with E-state index in [1.54, 1.807) is 0 Å². The molecule has 0 atom stereocenters. The molecule has 0 fully saturated rings. The Morgan fingerprint density at radius 3 is 1.94 bits per heavy atom. The molecule has 19 heteroatoms. The van der Waals surface area contributed by atoms with Crippen molar-refractivity contribution in [2.24, 2.45) is 10.2 Å². The van der Waals surface area contributed by atoms with Gasteiger partial charge in [-0.1, -0.05) is 0 Å². The number of azo groups is 1. The third-order valence-corrected chi connectivity index (χ3v) is 7.37. The van der Waals surface area contributed by atoms with E-state index in [4.69, 9.17) is 10.3 Å². The maximum Gasteiger partial charge on any atom is 0.300 e. The summed E-state index contributed by atoms with van der Waals surface area (Å²) in [6, 6.07) is 3.35. The number of halogens is 2. The fourth-order valence-electron chi connectivity index (χ4n) is 3.18. The highest BCUT2D eigenvalue weighted by Crippen LogP contribution is 2.45. The van der Waals surface area contributed by atoms with Crippen LogP contribution in [0.4, 0.5) is 31.5 Å². The summed E-state index contributed by atoms with van der Waals surface area (Å²) in [7, 11) is -15.1. The van der Waals surface area contributed by atoms with Crippen LogP contribution in [0.25, 0.3) is 10.8 Å². The van der Waals surface area contributed by atoms with Crippen molar-refractivity contribution in [2.45, 2.75) is 14.7 Å². The number of hydrogen-bond acceptors (Lipinski definition) is 11. The fourth-order valence-corrected chi connectivity index (χ4v) is 5.22. The van der Waals surface area contributed by atoms with Crippen LogP contribution in [0, 0.1) is 11.6 Å². The van der Waals surface area contributed by atoms with E-state index in [1.165, 1.54) is 19.2 Å². The standard InChI is InChI=1S/C17H14F2N4O10S3/c1-21-9-3-2-6-7(13(9)20)4-11(34(25,26)27)14(15(6)24)23-22-10-5-8(18)16(35(28,29)30)12(19)17(10)36(31,32)33/h2-5,21,24H,20H2,1H3,(H,25,26,27)(H,28,29,30)(H,31,32,33). The van der Waals surface area contributed by atoms with Gasteiger partial charge in [-0.25, -0.2) is 8.78 Å². The zero-order valence-electron chi connectivity index (χ0n) is 17.5. The van der Waals surface area contributed by atoms with E-state index in [9.17, 15) is 48.2 Å². The predicted molar refractivity (Wildman–Crippen MR) is 120 cm³/mol. The van der Waals surface area contributed by atoms with Gasteiger partial charge in [0.25, 0.3) is 30.4 Å². The lowest BCUT2D eigenvalue weighted by Gasteiger charge is -2.13. The molecule has 0 aromatic heterocycles. The Labute approximate surface area is 201 Å². The molecule has 36 heavy (non-hydrogen) atoms. The predicted octanol–water partition coefficient (Wildman–Crippen LogP) is 2.60. The number of nitrogens with zero attached hydrogens (tertiary/aromatic N) is 2. The highest BCUT2D eigenvalue weighted by atomic mass is 32.2. The Hall–Kier alpha value is -3.49. The Morgan fingerprint density at radius 2 is 1.44 bits per heavy atom. The molecule has 3 rings (SSSR count). The number of anilines is 2. The molecule has 0 unspecified atom stereocenters. The zero-order valence-corrected chi connectivity index (χ0v) is 19.9. The van der Waals surface area contributed by atoms with Crippen LogP contribution < -0.4 is 11.1 Å². The van der Waals surface area contributed by atoms with E-state index in [1.807, 2.05) is 0 Å². The summed E-state index contributed by atoms with van der Waals surface area (Å²) >= 11 is 0. The average Bonchev–Trinajstić information content (AvgIpc) is 2.70. The summed E-state index contributed by atoms with van der Waals surface area (Å²) in [5.41, 5.74) is 3.74. The summed E-state index contributed by atoms with van der Waals surface area (Å²) in [5.74, 6) is -5.48. The molecule has 194 valence electrons. The van der Waals surface area contributed by atoms with Crippen LogP contribution in [0.1, 0.15) is 0 Å². The number of nitrogens with two attached hydrogens (primary N) is 1. The molecule has 0 radical (unpaired) electrons. The fraction of sp³-hybridized carbons (Fsp3) is 0.0588. The van der Waals surface area contributed by atoms with Crippen molar-refractivity contribution in [3.8, 4) is 5.75 Å². The molecule has 14 nitrogen and oxygen atoms in total. The summed E-state index contributed by atoms with van der Waals surface area (Å²) in [4.78, 5) is -5.19. The summed E-state index contributed by atoms with van der Waals surface area (Å²) < 4.78 is 126. The van der Waals surface area contributed by atoms with Crippen LogP contribution in [0.2, 0.25) is 0 Å². The van der Waals surface area contributed by atoms with Gasteiger partial charge in [-0.2, -0.15) is 25.3 Å². The van der Waals surface area contributed by atoms with Crippen molar-refractivity contribution in [2.75, 3.05) is 18.1 Å². The minimum Gasteiger partial charge on any atom is -0.505 e. The normalized spacial score (nSPS) is 12.9. The van der Waals surface area contributed by atoms with Gasteiger partial charge >= 0.3 is 0 Å². The van der Waals surface area contributed by atoms with Crippen molar-refractivity contribution in [1.82, 2.24) is 0 Å². The van der Waals surface area contributed by atoms with Crippen LogP contribution in [-0.2, 0) is 30.4 Å². The Bertz CT molecular complexity index is 1790. The van der Waals surface area contributed by atoms with E-state index >= 15 is 0 Å². The van der Waals surface area contributed by atoms with Crippen molar-refractivity contribution >= 4 is 63.9 Å². The Kier molecular flexibility index (Phi) is 6.68. The second-order valence-corrected chi connectivity index (χ2v) is 11.0. The first kappa shape index (κ1) is 27.1. The van der Waals surface area contributed by atoms with Crippen LogP contribution in [-0.4, -0.2) is 51.1 Å². The number of nitrogens with one attached hydrogen (secondary N) is 1. The third-order valence-electron chi connectivity index (χ3n) is 4.71. The summed E-state index contributed by atoms with van der Waals surface area (Å²) in [5, 5.41) is 19.5. The lowest BCUT2D eigenvalue weighted by molar-refractivity contribution is 0.443. The SMILES string of the molecule is CNc1ccc2c(O)c(N=Nc3cc(F)c(S(=O)(=O)O)c(F)c3S(=O)(=O)O)c(S(=O)(=O)O)cc2c1N. The van der Waals surface area contributed by atoms with Gasteiger partial charge in [0.2, 0.25) is 0 Å². The van der Waals surface area contributed by atoms with Crippen molar-refractivity contribution in [3.63, 3.8) is 0 Å². The van der Waals surface area contributed by atoms with Crippen LogP contribution in [0.3, 0.4) is 0 Å². The monoisotopic (exact) mass is 568 g/mol. The molecule has 7 N–H and O–H groups in total. The van der Waals surface area contributed by atoms with Crippen LogP contribution >= 0.6 is 0 Å². The molecule has 0 spiro atoms. The van der Waals surface area contributed by atoms with Gasteiger partial charge in [-0.3, -0.25) is 13.7 Å². The molecule has 0 saturated heterocycles. The second kappa shape index (κ2) is 8.87. The quantitative estimate of drug-likeness (QED) is 0.143. The highest BCUT2D eigenvalue weighted by molar-refractivity contribution is 7.87. The van der Waals surface area contributed by atoms with Crippen molar-refractivity contribution in [3.05, 3.63) is 35.9 Å². The molecule has 0 saturated carbocycles. The molecule has 0 aliphatic carbocycles. The smallest absolute Gasteiger partial charge is 0.300 e. The largest absolute Gasteiger partial charge is 0.505 e. The lowest BCUT2D eigenvalue weighted by atomic mass is 10.1. The van der Waals surface area contributed by atoms with Gasteiger partial charge in [-0.05, 0) is 18.2 Å². The lowest BCUT2D eigenvalue weighted by Crippen LogP contribution is -2.11. The summed E-state index contributed by atoms with van der Waals surface area (Å²) in [6.45, 7) is 0. The molecule has 3 aromatic rings. The Balaban J connectivity index is 2.41. The first-order valence-corrected chi connectivity index (χ1v) is 13.3. The number of fused-ring (bicyclic) bond motifs is 1. The average molecular weight is 569 g/mol. The van der Waals surface area contributed by atoms with E-state index in [0.717, 1.165) is 6.07 Å². The zero-order chi connectivity index (χ0) is 27.4. The maximum absolute atomic E-state index is 14.6. The van der Waals surface area contributed by atoms with Gasteiger partial charge in [-0.15, -0.1) is 10.2 Å². The van der Waals surface area contributed by atoms with E-state index in [0.29, 0.717) is 5.69 Å². The molecule has 0 heterocycles. The van der Waals surface area contributed by atoms with Gasteiger partial charge in [0, 0.05) is 23.9 Å². The summed E-state index contributed by atoms with van der Waals surface area (Å²) in [6.07, 6.45) is 0. The first-order valence-electron chi connectivity index (χ1n) is 9.01. The van der Waals surface area contributed by atoms with Gasteiger partial charge in [0.15, 0.2) is 21.4 Å². The minimum atomic E-state index is -5.69. The van der Waals surface area contributed by atoms with E-state index in [2.05, 4.69) is 15.5 Å².